The van der Waals surface area contributed by atoms with Gasteiger partial charge in [0.25, 0.3) is 0 Å². The zero-order valence-electron chi connectivity index (χ0n) is 14.8. The number of nitrogens with one attached hydrogen (secondary N) is 1. The van der Waals surface area contributed by atoms with E-state index in [1.54, 1.807) is 0 Å². The van der Waals surface area contributed by atoms with Crippen molar-refractivity contribution in [3.8, 4) is 11.5 Å². The first-order chi connectivity index (χ1) is 12.9. The molecule has 0 amide bonds. The highest BCUT2D eigenvalue weighted by atomic mass is 16.5. The third-order valence-corrected chi connectivity index (χ3v) is 4.78. The van der Waals surface area contributed by atoms with Crippen LogP contribution in [-0.2, 0) is 0 Å². The van der Waals surface area contributed by atoms with Crippen molar-refractivity contribution in [3.05, 3.63) is 96.1 Å². The number of benzene rings is 3. The van der Waals surface area contributed by atoms with Gasteiger partial charge in [0.05, 0.1) is 6.04 Å². The number of hydrogen-bond donors (Lipinski definition) is 1. The second-order valence-electron chi connectivity index (χ2n) is 6.59. The molecule has 0 bridgehead atoms. The summed E-state index contributed by atoms with van der Waals surface area (Å²) in [4.78, 5) is 2.55. The summed E-state index contributed by atoms with van der Waals surface area (Å²) < 4.78 is 6.06. The number of nitrogens with zero attached hydrogens (tertiary/aromatic N) is 1. The fourth-order valence-corrected chi connectivity index (χ4v) is 3.56. The van der Waals surface area contributed by atoms with Crippen LogP contribution in [0, 0.1) is 0 Å². The molecule has 4 rings (SSSR count). The maximum absolute atomic E-state index is 6.06. The van der Waals surface area contributed by atoms with Crippen LogP contribution in [0.25, 0.3) is 0 Å². The lowest BCUT2D eigenvalue weighted by atomic mass is 9.96. The van der Waals surface area contributed by atoms with Gasteiger partial charge in [0, 0.05) is 26.2 Å². The van der Waals surface area contributed by atoms with E-state index in [2.05, 4.69) is 58.7 Å². The summed E-state index contributed by atoms with van der Waals surface area (Å²) in [6.07, 6.45) is 0. The first kappa shape index (κ1) is 16.8. The van der Waals surface area contributed by atoms with Crippen LogP contribution in [0.15, 0.2) is 84.9 Å². The van der Waals surface area contributed by atoms with Gasteiger partial charge in [-0.25, -0.2) is 0 Å². The molecule has 0 spiro atoms. The van der Waals surface area contributed by atoms with E-state index in [1.165, 1.54) is 11.1 Å². The highest BCUT2D eigenvalue weighted by Gasteiger charge is 2.24. The maximum Gasteiger partial charge on any atom is 0.127 e. The van der Waals surface area contributed by atoms with Gasteiger partial charge in [-0.1, -0.05) is 60.7 Å². The average Bonchev–Trinajstić information content (AvgIpc) is 2.71. The Bertz CT molecular complexity index is 814. The average molecular weight is 344 g/mol. The van der Waals surface area contributed by atoms with Crippen LogP contribution in [0.3, 0.4) is 0 Å². The SMILES string of the molecule is c1ccc(Oc2cccc(C(c3ccccc3)N3CCNCC3)c2)cc1. The third-order valence-electron chi connectivity index (χ3n) is 4.78. The Balaban J connectivity index is 1.66. The van der Waals surface area contributed by atoms with Crippen LogP contribution >= 0.6 is 0 Å². The monoisotopic (exact) mass is 344 g/mol. The number of hydrogen-bond acceptors (Lipinski definition) is 3. The maximum atomic E-state index is 6.06. The van der Waals surface area contributed by atoms with Gasteiger partial charge in [-0.05, 0) is 35.4 Å². The van der Waals surface area contributed by atoms with Gasteiger partial charge in [0.2, 0.25) is 0 Å². The Morgan fingerprint density at radius 1 is 0.692 bits per heavy atom. The van der Waals surface area contributed by atoms with E-state index in [0.717, 1.165) is 37.7 Å². The summed E-state index contributed by atoms with van der Waals surface area (Å²) in [5.74, 6) is 1.74. The van der Waals surface area contributed by atoms with Crippen molar-refractivity contribution >= 4 is 0 Å². The fourth-order valence-electron chi connectivity index (χ4n) is 3.56. The molecule has 1 aliphatic heterocycles. The predicted molar refractivity (Wildman–Crippen MR) is 106 cm³/mol. The minimum atomic E-state index is 0.248. The molecule has 0 aliphatic carbocycles. The van der Waals surface area contributed by atoms with Crippen molar-refractivity contribution in [2.75, 3.05) is 26.2 Å². The number of piperazine rings is 1. The molecule has 1 unspecified atom stereocenters. The molecule has 1 saturated heterocycles. The van der Waals surface area contributed by atoms with E-state index in [-0.39, 0.29) is 6.04 Å². The number of rotatable bonds is 5. The molecule has 132 valence electrons. The second-order valence-corrected chi connectivity index (χ2v) is 6.59. The highest BCUT2D eigenvalue weighted by Crippen LogP contribution is 2.32. The summed E-state index contributed by atoms with van der Waals surface area (Å²) >= 11 is 0. The predicted octanol–water partition coefficient (Wildman–Crippen LogP) is 4.47. The van der Waals surface area contributed by atoms with E-state index < -0.39 is 0 Å². The minimum absolute atomic E-state index is 0.248. The van der Waals surface area contributed by atoms with Crippen molar-refractivity contribution in [3.63, 3.8) is 0 Å². The number of ether oxygens (including phenoxy) is 1. The molecule has 1 fully saturated rings. The Morgan fingerprint density at radius 2 is 1.31 bits per heavy atom. The topological polar surface area (TPSA) is 24.5 Å². The Morgan fingerprint density at radius 3 is 2.04 bits per heavy atom. The van der Waals surface area contributed by atoms with E-state index in [4.69, 9.17) is 4.74 Å². The quantitative estimate of drug-likeness (QED) is 0.739. The second kappa shape index (κ2) is 8.17. The molecule has 3 heteroatoms. The first-order valence-corrected chi connectivity index (χ1v) is 9.23. The fraction of sp³-hybridized carbons (Fsp3) is 0.217. The zero-order valence-corrected chi connectivity index (χ0v) is 14.8. The normalized spacial score (nSPS) is 16.2. The van der Waals surface area contributed by atoms with Gasteiger partial charge in [0.15, 0.2) is 0 Å². The lowest BCUT2D eigenvalue weighted by Gasteiger charge is -2.35. The molecule has 26 heavy (non-hydrogen) atoms. The van der Waals surface area contributed by atoms with Crippen LogP contribution in [0.4, 0.5) is 0 Å². The molecule has 3 aromatic rings. The summed E-state index contributed by atoms with van der Waals surface area (Å²) in [5.41, 5.74) is 2.60. The van der Waals surface area contributed by atoms with Gasteiger partial charge >= 0.3 is 0 Å². The van der Waals surface area contributed by atoms with Gasteiger partial charge < -0.3 is 10.1 Å². The summed E-state index contributed by atoms with van der Waals surface area (Å²) in [7, 11) is 0. The van der Waals surface area contributed by atoms with Crippen LogP contribution in [0.5, 0.6) is 11.5 Å². The molecule has 1 atom stereocenters. The molecule has 0 radical (unpaired) electrons. The van der Waals surface area contributed by atoms with Crippen molar-refractivity contribution in [2.45, 2.75) is 6.04 Å². The lowest BCUT2D eigenvalue weighted by molar-refractivity contribution is 0.198. The van der Waals surface area contributed by atoms with Gasteiger partial charge in [-0.2, -0.15) is 0 Å². The van der Waals surface area contributed by atoms with E-state index in [1.807, 2.05) is 36.4 Å². The Hall–Kier alpha value is -2.62. The van der Waals surface area contributed by atoms with Crippen molar-refractivity contribution in [1.82, 2.24) is 10.2 Å². The van der Waals surface area contributed by atoms with Crippen LogP contribution < -0.4 is 10.1 Å². The minimum Gasteiger partial charge on any atom is -0.457 e. The standard InChI is InChI=1S/C23H24N2O/c1-3-8-19(9-4-1)23(25-16-14-24-15-17-25)20-10-7-13-22(18-20)26-21-11-5-2-6-12-21/h1-13,18,23-24H,14-17H2. The highest BCUT2D eigenvalue weighted by molar-refractivity contribution is 5.39. The van der Waals surface area contributed by atoms with Crippen molar-refractivity contribution in [1.29, 1.82) is 0 Å². The molecule has 1 heterocycles. The molecule has 3 aromatic carbocycles. The van der Waals surface area contributed by atoms with Crippen molar-refractivity contribution < 1.29 is 4.74 Å². The molecule has 0 aromatic heterocycles. The zero-order chi connectivity index (χ0) is 17.6. The van der Waals surface area contributed by atoms with E-state index >= 15 is 0 Å². The molecular formula is C23H24N2O. The van der Waals surface area contributed by atoms with Crippen LogP contribution in [-0.4, -0.2) is 31.1 Å². The van der Waals surface area contributed by atoms with E-state index in [9.17, 15) is 0 Å². The van der Waals surface area contributed by atoms with Crippen molar-refractivity contribution in [2.24, 2.45) is 0 Å². The molecular weight excluding hydrogens is 320 g/mol. The Labute approximate surface area is 155 Å². The largest absolute Gasteiger partial charge is 0.457 e. The van der Waals surface area contributed by atoms with Gasteiger partial charge in [0.1, 0.15) is 11.5 Å². The van der Waals surface area contributed by atoms with Crippen LogP contribution in [0.1, 0.15) is 17.2 Å². The summed E-state index contributed by atoms with van der Waals surface area (Å²) in [6, 6.07) is 29.4. The lowest BCUT2D eigenvalue weighted by Crippen LogP contribution is -2.45. The molecule has 1 N–H and O–H groups in total. The van der Waals surface area contributed by atoms with Gasteiger partial charge in [-0.15, -0.1) is 0 Å². The Kier molecular flexibility index (Phi) is 5.29. The first-order valence-electron chi connectivity index (χ1n) is 9.23. The van der Waals surface area contributed by atoms with E-state index in [0.29, 0.717) is 0 Å². The molecule has 3 nitrogen and oxygen atoms in total. The third kappa shape index (κ3) is 3.96. The molecule has 1 aliphatic rings. The van der Waals surface area contributed by atoms with Crippen LogP contribution in [0.2, 0.25) is 0 Å². The smallest absolute Gasteiger partial charge is 0.127 e. The summed E-state index contributed by atoms with van der Waals surface area (Å²) in [5, 5.41) is 3.45. The van der Waals surface area contributed by atoms with Gasteiger partial charge in [-0.3, -0.25) is 4.90 Å². The molecule has 0 saturated carbocycles. The summed E-state index contributed by atoms with van der Waals surface area (Å²) in [6.45, 7) is 4.15. The number of para-hydroxylation sites is 1.